The van der Waals surface area contributed by atoms with Crippen molar-refractivity contribution in [3.63, 3.8) is 0 Å². The van der Waals surface area contributed by atoms with E-state index in [2.05, 4.69) is 0 Å². The molecule has 0 spiro atoms. The standard InChI is InChI=1S/C12H19NO2/c1-8(13)11-4-6-12(7-5-11)15-10(3)9(2)14/h4-10,14H,13H2,1-3H3. The zero-order chi connectivity index (χ0) is 11.4. The van der Waals surface area contributed by atoms with E-state index in [0.717, 1.165) is 11.3 Å². The Labute approximate surface area is 90.9 Å². The highest BCUT2D eigenvalue weighted by atomic mass is 16.5. The second-order valence-corrected chi connectivity index (χ2v) is 3.92. The van der Waals surface area contributed by atoms with Gasteiger partial charge in [-0.25, -0.2) is 0 Å². The lowest BCUT2D eigenvalue weighted by atomic mass is 10.1. The molecule has 0 saturated carbocycles. The lowest BCUT2D eigenvalue weighted by Crippen LogP contribution is -2.25. The normalized spacial score (nSPS) is 16.9. The molecule has 0 heterocycles. The van der Waals surface area contributed by atoms with E-state index in [4.69, 9.17) is 10.5 Å². The van der Waals surface area contributed by atoms with Crippen LogP contribution in [0.25, 0.3) is 0 Å². The van der Waals surface area contributed by atoms with Crippen molar-refractivity contribution >= 4 is 0 Å². The first-order valence-electron chi connectivity index (χ1n) is 5.21. The zero-order valence-electron chi connectivity index (χ0n) is 9.47. The third-order valence-electron chi connectivity index (χ3n) is 2.41. The van der Waals surface area contributed by atoms with Crippen LogP contribution in [0.15, 0.2) is 24.3 Å². The van der Waals surface area contributed by atoms with E-state index in [-0.39, 0.29) is 12.1 Å². The topological polar surface area (TPSA) is 55.5 Å². The van der Waals surface area contributed by atoms with E-state index in [9.17, 15) is 5.11 Å². The van der Waals surface area contributed by atoms with Crippen molar-refractivity contribution in [1.82, 2.24) is 0 Å². The Bertz CT molecular complexity index is 293. The Hall–Kier alpha value is -1.06. The molecule has 1 rings (SSSR count). The van der Waals surface area contributed by atoms with Crippen LogP contribution < -0.4 is 10.5 Å². The van der Waals surface area contributed by atoms with Gasteiger partial charge in [0, 0.05) is 6.04 Å². The van der Waals surface area contributed by atoms with E-state index >= 15 is 0 Å². The molecule has 1 aromatic rings. The van der Waals surface area contributed by atoms with Crippen molar-refractivity contribution in [2.75, 3.05) is 0 Å². The van der Waals surface area contributed by atoms with Crippen LogP contribution in [-0.4, -0.2) is 17.3 Å². The molecule has 0 aromatic heterocycles. The zero-order valence-corrected chi connectivity index (χ0v) is 9.47. The molecule has 84 valence electrons. The van der Waals surface area contributed by atoms with Gasteiger partial charge in [-0.2, -0.15) is 0 Å². The molecule has 0 amide bonds. The monoisotopic (exact) mass is 209 g/mol. The number of nitrogens with two attached hydrogens (primary N) is 1. The molecule has 0 bridgehead atoms. The Morgan fingerprint density at radius 1 is 1.13 bits per heavy atom. The van der Waals surface area contributed by atoms with Crippen molar-refractivity contribution in [2.24, 2.45) is 5.73 Å². The van der Waals surface area contributed by atoms with Crippen molar-refractivity contribution in [2.45, 2.75) is 39.0 Å². The summed E-state index contributed by atoms with van der Waals surface area (Å²) in [5.41, 5.74) is 6.81. The fraction of sp³-hybridized carbons (Fsp3) is 0.500. The minimum atomic E-state index is -0.474. The first kappa shape index (κ1) is 12.0. The molecule has 0 radical (unpaired) electrons. The molecule has 0 aliphatic carbocycles. The van der Waals surface area contributed by atoms with Gasteiger partial charge < -0.3 is 15.6 Å². The molecule has 3 unspecified atom stereocenters. The van der Waals surface area contributed by atoms with Crippen LogP contribution in [0.5, 0.6) is 5.75 Å². The van der Waals surface area contributed by atoms with Crippen molar-refractivity contribution in [1.29, 1.82) is 0 Å². The van der Waals surface area contributed by atoms with Crippen LogP contribution in [0.3, 0.4) is 0 Å². The molecule has 3 N–H and O–H groups in total. The first-order chi connectivity index (χ1) is 7.00. The number of ether oxygens (including phenoxy) is 1. The predicted molar refractivity (Wildman–Crippen MR) is 60.8 cm³/mol. The number of benzene rings is 1. The third kappa shape index (κ3) is 3.53. The molecular formula is C12H19NO2. The summed E-state index contributed by atoms with van der Waals surface area (Å²) in [6.07, 6.45) is -0.677. The maximum atomic E-state index is 9.28. The Kier molecular flexibility index (Phi) is 4.12. The lowest BCUT2D eigenvalue weighted by Gasteiger charge is -2.17. The Morgan fingerprint density at radius 3 is 2.07 bits per heavy atom. The van der Waals surface area contributed by atoms with Crippen molar-refractivity contribution in [3.8, 4) is 5.75 Å². The molecule has 3 atom stereocenters. The quantitative estimate of drug-likeness (QED) is 0.795. The molecule has 0 saturated heterocycles. The van der Waals surface area contributed by atoms with Crippen molar-refractivity contribution < 1.29 is 9.84 Å². The molecular weight excluding hydrogens is 190 g/mol. The van der Waals surface area contributed by atoms with Crippen LogP contribution >= 0.6 is 0 Å². The van der Waals surface area contributed by atoms with E-state index < -0.39 is 6.10 Å². The van der Waals surface area contributed by atoms with Crippen LogP contribution in [0.4, 0.5) is 0 Å². The van der Waals surface area contributed by atoms with Crippen LogP contribution in [0, 0.1) is 0 Å². The average Bonchev–Trinajstić information content (AvgIpc) is 2.18. The Morgan fingerprint density at radius 2 is 1.67 bits per heavy atom. The highest BCUT2D eigenvalue weighted by molar-refractivity contribution is 5.28. The maximum Gasteiger partial charge on any atom is 0.121 e. The summed E-state index contributed by atoms with van der Waals surface area (Å²) in [6, 6.07) is 7.66. The van der Waals surface area contributed by atoms with E-state index in [0.29, 0.717) is 0 Å². The van der Waals surface area contributed by atoms with Gasteiger partial charge in [0.25, 0.3) is 0 Å². The van der Waals surface area contributed by atoms with Crippen LogP contribution in [-0.2, 0) is 0 Å². The van der Waals surface area contributed by atoms with E-state index in [1.54, 1.807) is 6.92 Å². The van der Waals surface area contributed by atoms with Gasteiger partial charge in [-0.1, -0.05) is 12.1 Å². The van der Waals surface area contributed by atoms with Gasteiger partial charge in [0.1, 0.15) is 11.9 Å². The summed E-state index contributed by atoms with van der Waals surface area (Å²) in [5, 5.41) is 9.28. The summed E-state index contributed by atoms with van der Waals surface area (Å²) in [4.78, 5) is 0. The number of rotatable bonds is 4. The Balaban J connectivity index is 2.64. The van der Waals surface area contributed by atoms with Gasteiger partial charge in [-0.05, 0) is 38.5 Å². The van der Waals surface area contributed by atoms with Gasteiger partial charge in [0.15, 0.2) is 0 Å². The van der Waals surface area contributed by atoms with Crippen LogP contribution in [0.1, 0.15) is 32.4 Å². The molecule has 3 heteroatoms. The number of aliphatic hydroxyl groups excluding tert-OH is 1. The molecule has 1 aromatic carbocycles. The number of aliphatic hydroxyl groups is 1. The summed E-state index contributed by atoms with van der Waals surface area (Å²) in [5.74, 6) is 0.757. The van der Waals surface area contributed by atoms with Crippen molar-refractivity contribution in [3.05, 3.63) is 29.8 Å². The maximum absolute atomic E-state index is 9.28. The summed E-state index contributed by atoms with van der Waals surface area (Å²) in [6.45, 7) is 5.49. The van der Waals surface area contributed by atoms with Gasteiger partial charge in [-0.15, -0.1) is 0 Å². The molecule has 0 aliphatic heterocycles. The fourth-order valence-corrected chi connectivity index (χ4v) is 1.16. The highest BCUT2D eigenvalue weighted by Crippen LogP contribution is 2.17. The molecule has 0 aliphatic rings. The second kappa shape index (κ2) is 5.14. The van der Waals surface area contributed by atoms with Gasteiger partial charge >= 0.3 is 0 Å². The lowest BCUT2D eigenvalue weighted by molar-refractivity contribution is 0.0604. The van der Waals surface area contributed by atoms with Gasteiger partial charge in [0.05, 0.1) is 6.10 Å². The average molecular weight is 209 g/mol. The molecule has 15 heavy (non-hydrogen) atoms. The third-order valence-corrected chi connectivity index (χ3v) is 2.41. The van der Waals surface area contributed by atoms with E-state index in [1.807, 2.05) is 38.1 Å². The number of hydrogen-bond donors (Lipinski definition) is 2. The molecule has 0 fully saturated rings. The van der Waals surface area contributed by atoms with Gasteiger partial charge in [-0.3, -0.25) is 0 Å². The smallest absolute Gasteiger partial charge is 0.121 e. The summed E-state index contributed by atoms with van der Waals surface area (Å²) >= 11 is 0. The molecule has 3 nitrogen and oxygen atoms in total. The highest BCUT2D eigenvalue weighted by Gasteiger charge is 2.10. The van der Waals surface area contributed by atoms with Gasteiger partial charge in [0.2, 0.25) is 0 Å². The van der Waals surface area contributed by atoms with Crippen LogP contribution in [0.2, 0.25) is 0 Å². The predicted octanol–water partition coefficient (Wildman–Crippen LogP) is 1.85. The summed E-state index contributed by atoms with van der Waals surface area (Å²) in [7, 11) is 0. The largest absolute Gasteiger partial charge is 0.488 e. The first-order valence-corrected chi connectivity index (χ1v) is 5.21. The number of hydrogen-bond acceptors (Lipinski definition) is 3. The fourth-order valence-electron chi connectivity index (χ4n) is 1.16. The minimum Gasteiger partial charge on any atom is -0.488 e. The second-order valence-electron chi connectivity index (χ2n) is 3.92. The van der Waals surface area contributed by atoms with E-state index in [1.165, 1.54) is 0 Å². The summed E-state index contributed by atoms with van der Waals surface area (Å²) < 4.78 is 5.52. The SMILES string of the molecule is CC(N)c1ccc(OC(C)C(C)O)cc1. The minimum absolute atomic E-state index is 0.0354.